The largest absolute Gasteiger partial charge is 0.345 e. The number of H-pyrrole nitrogens is 1. The number of nitrogens with one attached hydrogen (secondary N) is 1. The van der Waals surface area contributed by atoms with E-state index in [4.69, 9.17) is 16.7 Å². The molecule has 0 aliphatic heterocycles. The van der Waals surface area contributed by atoms with Crippen molar-refractivity contribution in [2.75, 3.05) is 0 Å². The lowest BCUT2D eigenvalue weighted by Crippen LogP contribution is -2.11. The lowest BCUT2D eigenvalue weighted by Gasteiger charge is -1.96. The fourth-order valence-corrected chi connectivity index (χ4v) is 2.23. The number of nitrogens with two attached hydrogens (primary N) is 1. The molecule has 0 aromatic carbocycles. The van der Waals surface area contributed by atoms with Crippen LogP contribution >= 0.6 is 11.6 Å². The summed E-state index contributed by atoms with van der Waals surface area (Å²) in [4.78, 5) is 6.56. The zero-order valence-corrected chi connectivity index (χ0v) is 8.43. The number of hydrogen-bond donors (Lipinski definition) is 2. The van der Waals surface area contributed by atoms with Gasteiger partial charge in [0.05, 0.1) is 10.4 Å². The Balaban J connectivity index is 2.94. The minimum absolute atomic E-state index is 0.0365. The molecule has 2 rings (SSSR count). The Morgan fingerprint density at radius 1 is 1.50 bits per heavy atom. The molecule has 0 saturated carbocycles. The maximum Gasteiger partial charge on any atom is 0.240 e. The smallest absolute Gasteiger partial charge is 0.240 e. The van der Waals surface area contributed by atoms with Gasteiger partial charge in [-0.05, 0) is 6.07 Å². The SMILES string of the molecule is NS(=O)(=O)c1c[nH]c2nccc(Cl)c12. The molecule has 2 aromatic rings. The zero-order valence-electron chi connectivity index (χ0n) is 6.86. The number of halogens is 1. The number of rotatable bonds is 1. The van der Waals surface area contributed by atoms with E-state index in [1.165, 1.54) is 18.5 Å². The molecule has 74 valence electrons. The van der Waals surface area contributed by atoms with Crippen molar-refractivity contribution in [3.8, 4) is 0 Å². The monoisotopic (exact) mass is 231 g/mol. The van der Waals surface area contributed by atoms with Gasteiger partial charge in [0.2, 0.25) is 10.0 Å². The predicted octanol–water partition coefficient (Wildman–Crippen LogP) is 0.864. The van der Waals surface area contributed by atoms with Crippen LogP contribution in [-0.2, 0) is 10.0 Å². The number of aromatic amines is 1. The van der Waals surface area contributed by atoms with E-state index in [1.54, 1.807) is 0 Å². The maximum atomic E-state index is 11.1. The van der Waals surface area contributed by atoms with E-state index in [0.29, 0.717) is 16.1 Å². The second-order valence-electron chi connectivity index (χ2n) is 2.71. The molecule has 0 aliphatic carbocycles. The highest BCUT2D eigenvalue weighted by atomic mass is 35.5. The Kier molecular flexibility index (Phi) is 1.99. The van der Waals surface area contributed by atoms with Crippen molar-refractivity contribution < 1.29 is 8.42 Å². The van der Waals surface area contributed by atoms with Crippen LogP contribution in [0, 0.1) is 0 Å². The molecule has 7 heteroatoms. The van der Waals surface area contributed by atoms with Gasteiger partial charge in [0, 0.05) is 12.4 Å². The van der Waals surface area contributed by atoms with Crippen LogP contribution in [0.4, 0.5) is 0 Å². The molecule has 0 bridgehead atoms. The van der Waals surface area contributed by atoms with Crippen LogP contribution in [0.5, 0.6) is 0 Å². The van der Waals surface area contributed by atoms with E-state index in [-0.39, 0.29) is 4.90 Å². The van der Waals surface area contributed by atoms with Crippen LogP contribution in [0.3, 0.4) is 0 Å². The number of pyridine rings is 1. The van der Waals surface area contributed by atoms with Crippen molar-refractivity contribution in [2.24, 2.45) is 5.14 Å². The number of fused-ring (bicyclic) bond motifs is 1. The Labute approximate surface area is 84.9 Å². The molecule has 0 spiro atoms. The van der Waals surface area contributed by atoms with Gasteiger partial charge in [0.1, 0.15) is 10.5 Å². The van der Waals surface area contributed by atoms with E-state index in [2.05, 4.69) is 9.97 Å². The summed E-state index contributed by atoms with van der Waals surface area (Å²) in [7, 11) is -3.76. The predicted molar refractivity (Wildman–Crippen MR) is 52.5 cm³/mol. The molecule has 5 nitrogen and oxygen atoms in total. The van der Waals surface area contributed by atoms with E-state index in [1.807, 2.05) is 0 Å². The Bertz CT molecular complexity index is 590. The van der Waals surface area contributed by atoms with Crippen LogP contribution in [0.1, 0.15) is 0 Å². The van der Waals surface area contributed by atoms with Crippen molar-refractivity contribution >= 4 is 32.7 Å². The quantitative estimate of drug-likeness (QED) is 0.763. The van der Waals surface area contributed by atoms with Crippen LogP contribution in [-0.4, -0.2) is 18.4 Å². The Morgan fingerprint density at radius 3 is 2.86 bits per heavy atom. The van der Waals surface area contributed by atoms with E-state index in [9.17, 15) is 8.42 Å². The molecular weight excluding hydrogens is 226 g/mol. The summed E-state index contributed by atoms with van der Waals surface area (Å²) < 4.78 is 22.3. The molecule has 0 aliphatic rings. The molecule has 0 fully saturated rings. The van der Waals surface area contributed by atoms with E-state index < -0.39 is 10.0 Å². The lowest BCUT2D eigenvalue weighted by molar-refractivity contribution is 0.598. The molecule has 0 atom stereocenters. The molecule has 0 saturated heterocycles. The third-order valence-corrected chi connectivity index (χ3v) is 3.04. The number of primary sulfonamides is 1. The first kappa shape index (κ1) is 9.45. The second kappa shape index (κ2) is 2.94. The van der Waals surface area contributed by atoms with Crippen LogP contribution < -0.4 is 5.14 Å². The summed E-state index contributed by atoms with van der Waals surface area (Å²) in [5.41, 5.74) is 0.404. The van der Waals surface area contributed by atoms with Crippen molar-refractivity contribution in [2.45, 2.75) is 4.90 Å². The fourth-order valence-electron chi connectivity index (χ4n) is 1.21. The zero-order chi connectivity index (χ0) is 10.3. The fraction of sp³-hybridized carbons (Fsp3) is 0. The topological polar surface area (TPSA) is 88.8 Å². The number of sulfonamides is 1. The van der Waals surface area contributed by atoms with Crippen molar-refractivity contribution in [3.63, 3.8) is 0 Å². The van der Waals surface area contributed by atoms with Crippen molar-refractivity contribution in [3.05, 3.63) is 23.5 Å². The summed E-state index contributed by atoms with van der Waals surface area (Å²) in [6, 6.07) is 1.51. The summed E-state index contributed by atoms with van der Waals surface area (Å²) in [5, 5.41) is 5.64. The maximum absolute atomic E-state index is 11.1. The highest BCUT2D eigenvalue weighted by Gasteiger charge is 2.16. The highest BCUT2D eigenvalue weighted by Crippen LogP contribution is 2.27. The van der Waals surface area contributed by atoms with Crippen molar-refractivity contribution in [1.82, 2.24) is 9.97 Å². The molecular formula is C7H6ClN3O2S. The Hall–Kier alpha value is -1.11. The third kappa shape index (κ3) is 1.37. The van der Waals surface area contributed by atoms with Gasteiger partial charge in [-0.3, -0.25) is 0 Å². The number of nitrogens with zero attached hydrogens (tertiary/aromatic N) is 1. The summed E-state index contributed by atoms with van der Waals surface area (Å²) in [6.07, 6.45) is 2.76. The molecule has 0 amide bonds. The van der Waals surface area contributed by atoms with Gasteiger partial charge in [0.25, 0.3) is 0 Å². The van der Waals surface area contributed by atoms with E-state index >= 15 is 0 Å². The van der Waals surface area contributed by atoms with Gasteiger partial charge < -0.3 is 4.98 Å². The van der Waals surface area contributed by atoms with E-state index in [0.717, 1.165) is 0 Å². The van der Waals surface area contributed by atoms with Gasteiger partial charge in [0.15, 0.2) is 0 Å². The molecule has 14 heavy (non-hydrogen) atoms. The minimum Gasteiger partial charge on any atom is -0.345 e. The third-order valence-electron chi connectivity index (χ3n) is 1.79. The number of hydrogen-bond acceptors (Lipinski definition) is 3. The van der Waals surface area contributed by atoms with Gasteiger partial charge in [-0.1, -0.05) is 11.6 Å². The van der Waals surface area contributed by atoms with Gasteiger partial charge in [-0.2, -0.15) is 0 Å². The standard InChI is InChI=1S/C7H6ClN3O2S/c8-4-1-2-10-7-6(4)5(3-11-7)14(9,12)13/h1-3H,(H,10,11)(H2,9,12,13). The van der Waals surface area contributed by atoms with Gasteiger partial charge in [-0.15, -0.1) is 0 Å². The number of aromatic nitrogens is 2. The van der Waals surface area contributed by atoms with Gasteiger partial charge in [-0.25, -0.2) is 18.5 Å². The van der Waals surface area contributed by atoms with Crippen molar-refractivity contribution in [1.29, 1.82) is 0 Å². The average Bonchev–Trinajstić information content (AvgIpc) is 2.47. The summed E-state index contributed by atoms with van der Waals surface area (Å²) in [6.45, 7) is 0. The molecule has 0 unspecified atom stereocenters. The lowest BCUT2D eigenvalue weighted by atomic mass is 10.3. The van der Waals surface area contributed by atoms with Crippen LogP contribution in [0.15, 0.2) is 23.4 Å². The Morgan fingerprint density at radius 2 is 2.21 bits per heavy atom. The summed E-state index contributed by atoms with van der Waals surface area (Å²) in [5.74, 6) is 0. The van der Waals surface area contributed by atoms with Gasteiger partial charge >= 0.3 is 0 Å². The first-order chi connectivity index (χ1) is 6.50. The summed E-state index contributed by atoms with van der Waals surface area (Å²) >= 11 is 5.83. The first-order valence-corrected chi connectivity index (χ1v) is 5.57. The molecule has 0 radical (unpaired) electrons. The molecule has 2 heterocycles. The first-order valence-electron chi connectivity index (χ1n) is 3.64. The average molecular weight is 232 g/mol. The highest BCUT2D eigenvalue weighted by molar-refractivity contribution is 7.89. The normalized spacial score (nSPS) is 12.1. The second-order valence-corrected chi connectivity index (χ2v) is 4.65. The minimum atomic E-state index is -3.76. The van der Waals surface area contributed by atoms with Crippen LogP contribution in [0.2, 0.25) is 5.02 Å². The molecule has 2 aromatic heterocycles. The molecule has 3 N–H and O–H groups in total. The van der Waals surface area contributed by atoms with Crippen LogP contribution in [0.25, 0.3) is 11.0 Å².